The second kappa shape index (κ2) is 11.1. The van der Waals surface area contributed by atoms with Crippen molar-refractivity contribution in [3.05, 3.63) is 66.5 Å². The molecule has 2 aromatic heterocycles. The molecule has 0 bridgehead atoms. The van der Waals surface area contributed by atoms with Gasteiger partial charge in [-0.25, -0.2) is 9.97 Å². The zero-order valence-electron chi connectivity index (χ0n) is 19.6. The van der Waals surface area contributed by atoms with Crippen molar-refractivity contribution in [1.82, 2.24) is 19.7 Å². The molecule has 0 radical (unpaired) electrons. The van der Waals surface area contributed by atoms with E-state index in [0.29, 0.717) is 17.9 Å². The van der Waals surface area contributed by atoms with Gasteiger partial charge in [-0.1, -0.05) is 30.8 Å². The highest BCUT2D eigenvalue weighted by molar-refractivity contribution is 7.99. The van der Waals surface area contributed by atoms with Crippen LogP contribution in [0.1, 0.15) is 25.3 Å². The molecule has 0 spiro atoms. The predicted molar refractivity (Wildman–Crippen MR) is 134 cm³/mol. The number of rotatable bonds is 10. The smallest absolute Gasteiger partial charge is 0.220 e. The molecule has 8 heteroatoms. The molecule has 0 saturated heterocycles. The summed E-state index contributed by atoms with van der Waals surface area (Å²) in [7, 11) is 3.24. The van der Waals surface area contributed by atoms with Crippen LogP contribution in [0.3, 0.4) is 0 Å². The van der Waals surface area contributed by atoms with Crippen LogP contribution in [0, 0.1) is 0 Å². The Morgan fingerprint density at radius 2 is 1.85 bits per heavy atom. The number of nitrogens with one attached hydrogen (secondary N) is 1. The molecule has 2 heterocycles. The summed E-state index contributed by atoms with van der Waals surface area (Å²) in [6.07, 6.45) is 5.85. The minimum Gasteiger partial charge on any atom is -0.493 e. The molecule has 1 N–H and O–H groups in total. The fraction of sp³-hybridized carbons (Fsp3) is 0.269. The predicted octanol–water partition coefficient (Wildman–Crippen LogP) is 5.02. The van der Waals surface area contributed by atoms with E-state index in [-0.39, 0.29) is 5.91 Å². The van der Waals surface area contributed by atoms with Gasteiger partial charge in [0.05, 0.1) is 19.9 Å². The lowest BCUT2D eigenvalue weighted by Gasteiger charge is -2.11. The van der Waals surface area contributed by atoms with Gasteiger partial charge in [0.2, 0.25) is 5.91 Å². The van der Waals surface area contributed by atoms with Crippen LogP contribution in [-0.4, -0.2) is 41.0 Å². The number of hydrogen-bond donors (Lipinski definition) is 1. The molecule has 1 amide bonds. The molecule has 34 heavy (non-hydrogen) atoms. The summed E-state index contributed by atoms with van der Waals surface area (Å²) >= 11 is 1.57. The maximum absolute atomic E-state index is 11.9. The number of imidazole rings is 1. The topological polar surface area (TPSA) is 77.8 Å². The summed E-state index contributed by atoms with van der Waals surface area (Å²) < 4.78 is 12.8. The Bertz CT molecular complexity index is 1270. The van der Waals surface area contributed by atoms with E-state index in [1.807, 2.05) is 41.8 Å². The standard InChI is InChI=1S/C26H28N4O3S/c1-4-13-28-25(31)12-7-18-5-9-20(10-6-18)34-26-29-21(17-24-27-14-15-30(24)26)19-8-11-22(32-2)23(16-19)33-3/h5-6,8-11,14-17H,4,7,12-13H2,1-3H3,(H,28,31). The first-order chi connectivity index (χ1) is 16.6. The quantitative estimate of drug-likeness (QED) is 0.324. The minimum absolute atomic E-state index is 0.0963. The molecule has 0 aliphatic heterocycles. The average molecular weight is 477 g/mol. The maximum Gasteiger partial charge on any atom is 0.220 e. The number of ether oxygens (including phenoxy) is 2. The third kappa shape index (κ3) is 5.51. The van der Waals surface area contributed by atoms with E-state index in [0.717, 1.165) is 51.9 Å². The second-order valence-electron chi connectivity index (χ2n) is 7.75. The van der Waals surface area contributed by atoms with Crippen LogP contribution in [0.5, 0.6) is 11.5 Å². The van der Waals surface area contributed by atoms with Gasteiger partial charge in [0.25, 0.3) is 0 Å². The van der Waals surface area contributed by atoms with Crippen molar-refractivity contribution in [3.63, 3.8) is 0 Å². The van der Waals surface area contributed by atoms with Gasteiger partial charge in [-0.2, -0.15) is 0 Å². The molecule has 0 unspecified atom stereocenters. The largest absolute Gasteiger partial charge is 0.493 e. The molecular weight excluding hydrogens is 448 g/mol. The van der Waals surface area contributed by atoms with E-state index < -0.39 is 0 Å². The van der Waals surface area contributed by atoms with Crippen molar-refractivity contribution < 1.29 is 14.3 Å². The lowest BCUT2D eigenvalue weighted by Crippen LogP contribution is -2.24. The van der Waals surface area contributed by atoms with E-state index in [4.69, 9.17) is 14.5 Å². The molecule has 0 aliphatic carbocycles. The maximum atomic E-state index is 11.9. The first-order valence-corrected chi connectivity index (χ1v) is 12.0. The minimum atomic E-state index is 0.0963. The molecule has 7 nitrogen and oxygen atoms in total. The summed E-state index contributed by atoms with van der Waals surface area (Å²) in [6, 6.07) is 16.0. The molecule has 2 aromatic carbocycles. The van der Waals surface area contributed by atoms with Gasteiger partial charge in [-0.15, -0.1) is 0 Å². The monoisotopic (exact) mass is 476 g/mol. The first kappa shape index (κ1) is 23.6. The van der Waals surface area contributed by atoms with Crippen molar-refractivity contribution in [2.75, 3.05) is 20.8 Å². The van der Waals surface area contributed by atoms with Gasteiger partial charge in [-0.3, -0.25) is 9.20 Å². The Labute approximate surface area is 203 Å². The van der Waals surface area contributed by atoms with Gasteiger partial charge in [-0.05, 0) is 48.7 Å². The highest BCUT2D eigenvalue weighted by atomic mass is 32.2. The number of nitrogens with zero attached hydrogens (tertiary/aromatic N) is 3. The van der Waals surface area contributed by atoms with Gasteiger partial charge in [0, 0.05) is 41.9 Å². The van der Waals surface area contributed by atoms with Crippen molar-refractivity contribution in [3.8, 4) is 22.8 Å². The van der Waals surface area contributed by atoms with E-state index in [2.05, 4.69) is 34.6 Å². The van der Waals surface area contributed by atoms with Crippen LogP contribution in [0.4, 0.5) is 0 Å². The van der Waals surface area contributed by atoms with E-state index in [9.17, 15) is 4.79 Å². The number of methoxy groups -OCH3 is 2. The highest BCUT2D eigenvalue weighted by Crippen LogP contribution is 2.34. The number of aromatic nitrogens is 3. The molecule has 4 aromatic rings. The first-order valence-electron chi connectivity index (χ1n) is 11.2. The fourth-order valence-corrected chi connectivity index (χ4v) is 4.43. The van der Waals surface area contributed by atoms with E-state index >= 15 is 0 Å². The van der Waals surface area contributed by atoms with Crippen LogP contribution in [0.25, 0.3) is 16.9 Å². The highest BCUT2D eigenvalue weighted by Gasteiger charge is 2.13. The number of carbonyl (C=O) groups excluding carboxylic acids is 1. The van der Waals surface area contributed by atoms with E-state index in [1.54, 1.807) is 32.2 Å². The number of amides is 1. The fourth-order valence-electron chi connectivity index (χ4n) is 3.55. The van der Waals surface area contributed by atoms with Crippen LogP contribution >= 0.6 is 11.8 Å². The van der Waals surface area contributed by atoms with Gasteiger partial charge >= 0.3 is 0 Å². The summed E-state index contributed by atoms with van der Waals surface area (Å²) in [5.41, 5.74) is 3.67. The lowest BCUT2D eigenvalue weighted by atomic mass is 10.1. The molecule has 176 valence electrons. The van der Waals surface area contributed by atoms with Crippen molar-refractivity contribution in [1.29, 1.82) is 0 Å². The zero-order chi connectivity index (χ0) is 23.9. The van der Waals surface area contributed by atoms with Gasteiger partial charge < -0.3 is 14.8 Å². The second-order valence-corrected chi connectivity index (χ2v) is 8.79. The Morgan fingerprint density at radius 3 is 2.59 bits per heavy atom. The van der Waals surface area contributed by atoms with Crippen LogP contribution in [0.15, 0.2) is 71.0 Å². The van der Waals surface area contributed by atoms with Gasteiger partial charge in [0.15, 0.2) is 16.7 Å². The number of hydrogen-bond acceptors (Lipinski definition) is 6. The lowest BCUT2D eigenvalue weighted by molar-refractivity contribution is -0.121. The molecule has 0 fully saturated rings. The van der Waals surface area contributed by atoms with Crippen molar-refractivity contribution in [2.24, 2.45) is 0 Å². The Kier molecular flexibility index (Phi) is 7.69. The number of aryl methyl sites for hydroxylation is 1. The summed E-state index contributed by atoms with van der Waals surface area (Å²) in [5.74, 6) is 1.42. The molecule has 4 rings (SSSR count). The average Bonchev–Trinajstić information content (AvgIpc) is 3.35. The Morgan fingerprint density at radius 1 is 1.06 bits per heavy atom. The molecular formula is C26H28N4O3S. The molecule has 0 atom stereocenters. The summed E-state index contributed by atoms with van der Waals surface area (Å²) in [4.78, 5) is 22.3. The van der Waals surface area contributed by atoms with Crippen LogP contribution in [-0.2, 0) is 11.2 Å². The SMILES string of the molecule is CCCNC(=O)CCc1ccc(Sc2nc(-c3ccc(OC)c(OC)c3)cc3nccn23)cc1. The third-order valence-electron chi connectivity index (χ3n) is 5.38. The number of carbonyl (C=O) groups is 1. The van der Waals surface area contributed by atoms with Gasteiger partial charge in [0.1, 0.15) is 5.65 Å². The van der Waals surface area contributed by atoms with Crippen molar-refractivity contribution >= 4 is 23.3 Å². The summed E-state index contributed by atoms with van der Waals surface area (Å²) in [5, 5.41) is 3.73. The van der Waals surface area contributed by atoms with E-state index in [1.165, 1.54) is 0 Å². The summed E-state index contributed by atoms with van der Waals surface area (Å²) in [6.45, 7) is 2.78. The Hall–Kier alpha value is -3.52. The third-order valence-corrected chi connectivity index (χ3v) is 6.36. The van der Waals surface area contributed by atoms with Crippen molar-refractivity contribution in [2.45, 2.75) is 36.2 Å². The number of fused-ring (bicyclic) bond motifs is 1. The van der Waals surface area contributed by atoms with Crippen LogP contribution in [0.2, 0.25) is 0 Å². The van der Waals surface area contributed by atoms with Crippen LogP contribution < -0.4 is 14.8 Å². The molecule has 0 saturated carbocycles. The number of benzene rings is 2. The molecule has 0 aliphatic rings. The normalized spacial score (nSPS) is 10.9. The zero-order valence-corrected chi connectivity index (χ0v) is 20.4. The Balaban J connectivity index is 1.54.